The lowest BCUT2D eigenvalue weighted by Crippen LogP contribution is -2.56. The Morgan fingerprint density at radius 1 is 1.11 bits per heavy atom. The van der Waals surface area contributed by atoms with E-state index in [1.54, 1.807) is 0 Å². The highest BCUT2D eigenvalue weighted by Crippen LogP contribution is 2.31. The molecule has 2 atom stereocenters. The quantitative estimate of drug-likeness (QED) is 0.577. The molecule has 10 nitrogen and oxygen atoms in total. The van der Waals surface area contributed by atoms with Crippen molar-refractivity contribution in [2.45, 2.75) is 48.8 Å². The van der Waals surface area contributed by atoms with Gasteiger partial charge in [0.1, 0.15) is 22.6 Å². The largest absolute Gasteiger partial charge is 0.455 e. The Morgan fingerprint density at radius 2 is 1.83 bits per heavy atom. The molecule has 1 aromatic heterocycles. The molecule has 2 saturated heterocycles. The number of alkyl halides is 3. The first-order chi connectivity index (χ1) is 16.8. The van der Waals surface area contributed by atoms with Gasteiger partial charge in [-0.05, 0) is 30.5 Å². The van der Waals surface area contributed by atoms with Gasteiger partial charge in [-0.1, -0.05) is 0 Å². The number of hydrogen-bond acceptors (Lipinski definition) is 8. The SMILES string of the molecule is CS(=O)(=O)c1cc(F)c(NC2CCCN([C@H]3CCN(c4nc(C(F)(F)F)no4)C(=O)C3)C2=O)cc1F. The van der Waals surface area contributed by atoms with Gasteiger partial charge in [0.2, 0.25) is 11.8 Å². The molecule has 196 valence electrons. The van der Waals surface area contributed by atoms with E-state index in [9.17, 15) is 40.0 Å². The molecule has 36 heavy (non-hydrogen) atoms. The maximum absolute atomic E-state index is 14.5. The van der Waals surface area contributed by atoms with Crippen LogP contribution >= 0.6 is 0 Å². The predicted molar refractivity (Wildman–Crippen MR) is 113 cm³/mol. The zero-order chi connectivity index (χ0) is 26.4. The number of anilines is 2. The van der Waals surface area contributed by atoms with E-state index in [-0.39, 0.29) is 38.0 Å². The molecule has 2 aromatic rings. The first-order valence-electron chi connectivity index (χ1n) is 10.7. The van der Waals surface area contributed by atoms with E-state index in [1.165, 1.54) is 4.90 Å². The number of nitrogens with zero attached hydrogens (tertiary/aromatic N) is 4. The number of likely N-dealkylation sites (tertiary alicyclic amines) is 1. The van der Waals surface area contributed by atoms with Crippen molar-refractivity contribution in [1.29, 1.82) is 0 Å². The lowest BCUT2D eigenvalue weighted by Gasteiger charge is -2.41. The molecule has 3 heterocycles. The molecule has 1 unspecified atom stereocenters. The summed E-state index contributed by atoms with van der Waals surface area (Å²) in [7, 11) is -4.00. The number of rotatable bonds is 5. The molecule has 2 fully saturated rings. The zero-order valence-corrected chi connectivity index (χ0v) is 19.5. The summed E-state index contributed by atoms with van der Waals surface area (Å²) in [6, 6.07) is -0.932. The minimum Gasteiger partial charge on any atom is -0.371 e. The zero-order valence-electron chi connectivity index (χ0n) is 18.7. The Bertz CT molecular complexity index is 1300. The van der Waals surface area contributed by atoms with Crippen LogP contribution in [-0.2, 0) is 25.6 Å². The van der Waals surface area contributed by atoms with Gasteiger partial charge in [0, 0.05) is 37.9 Å². The van der Waals surface area contributed by atoms with E-state index >= 15 is 0 Å². The molecule has 0 saturated carbocycles. The highest BCUT2D eigenvalue weighted by molar-refractivity contribution is 7.90. The van der Waals surface area contributed by atoms with Gasteiger partial charge in [0.05, 0.1) is 5.69 Å². The molecule has 1 aromatic carbocycles. The van der Waals surface area contributed by atoms with Crippen molar-refractivity contribution in [3.63, 3.8) is 0 Å². The summed E-state index contributed by atoms with van der Waals surface area (Å²) in [5, 5.41) is 5.45. The van der Waals surface area contributed by atoms with Crippen molar-refractivity contribution in [1.82, 2.24) is 15.0 Å². The highest BCUT2D eigenvalue weighted by atomic mass is 32.2. The monoisotopic (exact) mass is 537 g/mol. The molecule has 16 heteroatoms. The summed E-state index contributed by atoms with van der Waals surface area (Å²) in [5.41, 5.74) is -0.386. The van der Waals surface area contributed by atoms with Crippen LogP contribution in [0, 0.1) is 11.6 Å². The van der Waals surface area contributed by atoms with Crippen molar-refractivity contribution < 1.29 is 44.5 Å². The Hall–Kier alpha value is -3.30. The molecule has 1 N–H and O–H groups in total. The van der Waals surface area contributed by atoms with E-state index < -0.39 is 68.3 Å². The van der Waals surface area contributed by atoms with Crippen molar-refractivity contribution in [3.8, 4) is 0 Å². The molecule has 0 bridgehead atoms. The summed E-state index contributed by atoms with van der Waals surface area (Å²) in [6.45, 7) is 0.218. The van der Waals surface area contributed by atoms with E-state index in [4.69, 9.17) is 0 Å². The molecule has 0 spiro atoms. The second-order valence-electron chi connectivity index (χ2n) is 8.50. The standard InChI is InChI=1S/C20H20F5N5O5S/c1-36(33,34)15-9-11(21)14(8-12(15)22)26-13-3-2-5-29(17(13)32)10-4-6-30(16(31)7-10)19-27-18(28-35-19)20(23,24)25/h8-10,13,26H,2-7H2,1H3/t10-,13?/m0/s1. The van der Waals surface area contributed by atoms with E-state index in [1.807, 2.05) is 0 Å². The van der Waals surface area contributed by atoms with Crippen LogP contribution in [0.25, 0.3) is 0 Å². The average Bonchev–Trinajstić information content (AvgIpc) is 3.27. The third-order valence-electron chi connectivity index (χ3n) is 5.96. The third-order valence-corrected chi connectivity index (χ3v) is 7.07. The fourth-order valence-corrected chi connectivity index (χ4v) is 4.96. The maximum Gasteiger partial charge on any atom is 0.455 e. The van der Waals surface area contributed by atoms with Crippen LogP contribution in [0.1, 0.15) is 31.5 Å². The number of halogens is 5. The van der Waals surface area contributed by atoms with Gasteiger partial charge >= 0.3 is 12.2 Å². The number of piperidine rings is 2. The van der Waals surface area contributed by atoms with Crippen molar-refractivity contribution in [3.05, 3.63) is 29.6 Å². The number of carbonyl (C=O) groups excluding carboxylic acids is 2. The van der Waals surface area contributed by atoms with Crippen molar-refractivity contribution >= 4 is 33.4 Å². The lowest BCUT2D eigenvalue weighted by molar-refractivity contribution is -0.146. The van der Waals surface area contributed by atoms with E-state index in [0.717, 1.165) is 11.2 Å². The second kappa shape index (κ2) is 9.29. The topological polar surface area (TPSA) is 126 Å². The van der Waals surface area contributed by atoms with Gasteiger partial charge in [0.15, 0.2) is 9.84 Å². The number of sulfone groups is 1. The molecular formula is C20H20F5N5O5S. The Morgan fingerprint density at radius 3 is 2.44 bits per heavy atom. The van der Waals surface area contributed by atoms with Crippen LogP contribution in [0.3, 0.4) is 0 Å². The van der Waals surface area contributed by atoms with Crippen LogP contribution in [-0.4, -0.2) is 66.7 Å². The fraction of sp³-hybridized carbons (Fsp3) is 0.500. The fourth-order valence-electron chi connectivity index (χ4n) is 4.23. The van der Waals surface area contributed by atoms with Crippen LogP contribution in [0.5, 0.6) is 0 Å². The summed E-state index contributed by atoms with van der Waals surface area (Å²) in [5.74, 6) is -4.83. The number of benzene rings is 1. The van der Waals surface area contributed by atoms with Crippen LogP contribution in [0.2, 0.25) is 0 Å². The molecule has 2 aliphatic rings. The summed E-state index contributed by atoms with van der Waals surface area (Å²) < 4.78 is 94.6. The van der Waals surface area contributed by atoms with E-state index in [0.29, 0.717) is 18.6 Å². The Balaban J connectivity index is 1.44. The third kappa shape index (κ3) is 5.12. The first-order valence-corrected chi connectivity index (χ1v) is 12.6. The van der Waals surface area contributed by atoms with Gasteiger partial charge in [-0.25, -0.2) is 17.2 Å². The Labute approximate surface area is 201 Å². The molecule has 0 aliphatic carbocycles. The number of hydrogen-bond donors (Lipinski definition) is 1. The second-order valence-corrected chi connectivity index (χ2v) is 10.5. The molecule has 4 rings (SSSR count). The predicted octanol–water partition coefficient (Wildman–Crippen LogP) is 2.37. The minimum absolute atomic E-state index is 0.0718. The molecule has 0 radical (unpaired) electrons. The van der Waals surface area contributed by atoms with Gasteiger partial charge in [-0.15, -0.1) is 0 Å². The molecule has 2 aliphatic heterocycles. The number of nitrogens with one attached hydrogen (secondary N) is 1. The number of carbonyl (C=O) groups is 2. The van der Waals surface area contributed by atoms with Crippen LogP contribution in [0.4, 0.5) is 33.7 Å². The number of aromatic nitrogens is 2. The number of amides is 2. The van der Waals surface area contributed by atoms with Crippen molar-refractivity contribution in [2.75, 3.05) is 29.6 Å². The Kier molecular flexibility index (Phi) is 6.66. The van der Waals surface area contributed by atoms with Crippen LogP contribution in [0.15, 0.2) is 21.6 Å². The molecule has 2 amide bonds. The summed E-state index contributed by atoms with van der Waals surface area (Å²) in [4.78, 5) is 30.4. The maximum atomic E-state index is 14.5. The molecular weight excluding hydrogens is 517 g/mol. The normalized spacial score (nSPS) is 21.7. The average molecular weight is 537 g/mol. The van der Waals surface area contributed by atoms with Crippen molar-refractivity contribution in [2.24, 2.45) is 0 Å². The lowest BCUT2D eigenvalue weighted by atomic mass is 9.96. The van der Waals surface area contributed by atoms with E-state index in [2.05, 4.69) is 20.0 Å². The van der Waals surface area contributed by atoms with Gasteiger partial charge in [0.25, 0.3) is 5.82 Å². The van der Waals surface area contributed by atoms with Gasteiger partial charge < -0.3 is 14.7 Å². The van der Waals surface area contributed by atoms with Gasteiger partial charge in [-0.2, -0.15) is 18.2 Å². The minimum atomic E-state index is -4.83. The summed E-state index contributed by atoms with van der Waals surface area (Å²) >= 11 is 0. The summed E-state index contributed by atoms with van der Waals surface area (Å²) in [6.07, 6.45) is -3.35. The smallest absolute Gasteiger partial charge is 0.371 e. The highest BCUT2D eigenvalue weighted by Gasteiger charge is 2.41. The van der Waals surface area contributed by atoms with Crippen LogP contribution < -0.4 is 10.2 Å². The van der Waals surface area contributed by atoms with Gasteiger partial charge in [-0.3, -0.25) is 14.5 Å². The first kappa shape index (κ1) is 25.8.